The monoisotopic (exact) mass is 550 g/mol. The van der Waals surface area contributed by atoms with Crippen molar-refractivity contribution >= 4 is 21.6 Å². The molecule has 0 unspecified atom stereocenters. The summed E-state index contributed by atoms with van der Waals surface area (Å²) in [6.07, 6.45) is 1.07. The molecule has 0 radical (unpaired) electrons. The number of sulfonamides is 1. The third-order valence-electron chi connectivity index (χ3n) is 6.62. The highest BCUT2D eigenvalue weighted by molar-refractivity contribution is 7.89. The van der Waals surface area contributed by atoms with Crippen LogP contribution in [0.25, 0.3) is 5.82 Å². The summed E-state index contributed by atoms with van der Waals surface area (Å²) in [5.74, 6) is 0.00120. The van der Waals surface area contributed by atoms with Gasteiger partial charge in [0.15, 0.2) is 5.82 Å². The van der Waals surface area contributed by atoms with Gasteiger partial charge in [-0.2, -0.15) is 18.3 Å². The molecule has 1 aliphatic heterocycles. The minimum Gasteiger partial charge on any atom is -0.320 e. The van der Waals surface area contributed by atoms with Crippen LogP contribution in [0.4, 0.5) is 18.9 Å². The Kier molecular flexibility index (Phi) is 7.88. The largest absolute Gasteiger partial charge is 0.417 e. The van der Waals surface area contributed by atoms with Crippen LogP contribution >= 0.6 is 0 Å². The van der Waals surface area contributed by atoms with E-state index in [0.717, 1.165) is 23.5 Å². The second kappa shape index (κ2) is 10.8. The molecule has 4 rings (SSSR count). The molecule has 4 heterocycles. The Morgan fingerprint density at radius 2 is 1.82 bits per heavy atom. The zero-order chi connectivity index (χ0) is 27.7. The summed E-state index contributed by atoms with van der Waals surface area (Å²) in [4.78, 5) is 21.3. The van der Waals surface area contributed by atoms with Crippen molar-refractivity contribution in [1.29, 1.82) is 0 Å². The van der Waals surface area contributed by atoms with Crippen LogP contribution in [0.5, 0.6) is 0 Å². The van der Waals surface area contributed by atoms with Crippen LogP contribution < -0.4 is 5.32 Å². The lowest BCUT2D eigenvalue weighted by molar-refractivity contribution is -0.137. The standard InChI is InChI=1S/C25H29F3N6O3S/c1-4-11-38(36,37)33-9-7-18(8-10-33)23-16(2)12-20(14-30-23)32-24(35)21-15-31-34(17(21)3)22-6-5-19(13-29-22)25(26,27)28/h5-6,12-15,18H,4,7-11H2,1-3H3,(H,32,35). The minimum atomic E-state index is -4.50. The van der Waals surface area contributed by atoms with Crippen LogP contribution in [0.1, 0.15) is 65.0 Å². The molecule has 1 fully saturated rings. The number of halogens is 3. The number of anilines is 1. The number of nitrogens with zero attached hydrogens (tertiary/aromatic N) is 5. The van der Waals surface area contributed by atoms with Crippen LogP contribution in [-0.2, 0) is 16.2 Å². The first-order valence-corrected chi connectivity index (χ1v) is 13.9. The molecular formula is C25H29F3N6O3S. The van der Waals surface area contributed by atoms with E-state index in [-0.39, 0.29) is 23.1 Å². The molecular weight excluding hydrogens is 521 g/mol. The fourth-order valence-corrected chi connectivity index (χ4v) is 6.16. The third kappa shape index (κ3) is 5.88. The first kappa shape index (κ1) is 27.7. The van der Waals surface area contributed by atoms with Gasteiger partial charge in [0.05, 0.1) is 40.7 Å². The third-order valence-corrected chi connectivity index (χ3v) is 8.70. The highest BCUT2D eigenvalue weighted by Crippen LogP contribution is 2.31. The molecule has 0 bridgehead atoms. The zero-order valence-corrected chi connectivity index (χ0v) is 22.1. The summed E-state index contributed by atoms with van der Waals surface area (Å²) in [6.45, 7) is 6.30. The van der Waals surface area contributed by atoms with Gasteiger partial charge in [-0.05, 0) is 56.9 Å². The number of hydrogen-bond acceptors (Lipinski definition) is 6. The zero-order valence-electron chi connectivity index (χ0n) is 21.3. The lowest BCUT2D eigenvalue weighted by Gasteiger charge is -2.31. The van der Waals surface area contributed by atoms with Gasteiger partial charge < -0.3 is 5.32 Å². The van der Waals surface area contributed by atoms with Crippen LogP contribution in [0.2, 0.25) is 0 Å². The van der Waals surface area contributed by atoms with E-state index in [1.807, 2.05) is 19.9 Å². The molecule has 1 N–H and O–H groups in total. The first-order chi connectivity index (χ1) is 17.9. The van der Waals surface area contributed by atoms with Crippen LogP contribution in [-0.4, -0.2) is 57.2 Å². The van der Waals surface area contributed by atoms with Gasteiger partial charge in [-0.25, -0.2) is 22.4 Å². The first-order valence-electron chi connectivity index (χ1n) is 12.2. The molecule has 3 aromatic heterocycles. The number of aryl methyl sites for hydroxylation is 1. The lowest BCUT2D eigenvalue weighted by Crippen LogP contribution is -2.39. The summed E-state index contributed by atoms with van der Waals surface area (Å²) < 4.78 is 66.0. The lowest BCUT2D eigenvalue weighted by atomic mass is 9.91. The number of alkyl halides is 3. The number of aromatic nitrogens is 4. The number of amides is 1. The Bertz CT molecular complexity index is 1410. The maximum Gasteiger partial charge on any atom is 0.417 e. The van der Waals surface area contributed by atoms with Crippen molar-refractivity contribution in [3.8, 4) is 5.82 Å². The quantitative estimate of drug-likeness (QED) is 0.465. The molecule has 13 heteroatoms. The molecule has 0 saturated carbocycles. The summed E-state index contributed by atoms with van der Waals surface area (Å²) in [7, 11) is -3.21. The molecule has 0 aromatic carbocycles. The fourth-order valence-electron chi connectivity index (χ4n) is 4.62. The second-order valence-corrected chi connectivity index (χ2v) is 11.4. The van der Waals surface area contributed by atoms with Crippen molar-refractivity contribution in [3.63, 3.8) is 0 Å². The van der Waals surface area contributed by atoms with Gasteiger partial charge in [0.25, 0.3) is 5.91 Å². The maximum absolute atomic E-state index is 12.9. The van der Waals surface area contributed by atoms with Crippen molar-refractivity contribution in [3.05, 3.63) is 64.9 Å². The Labute approximate surface area is 219 Å². The molecule has 38 heavy (non-hydrogen) atoms. The van der Waals surface area contributed by atoms with Crippen molar-refractivity contribution in [1.82, 2.24) is 24.1 Å². The summed E-state index contributed by atoms with van der Waals surface area (Å²) in [6, 6.07) is 3.92. The van der Waals surface area contributed by atoms with Gasteiger partial charge in [0, 0.05) is 30.9 Å². The number of carbonyl (C=O) groups is 1. The smallest absolute Gasteiger partial charge is 0.320 e. The van der Waals surface area contributed by atoms with E-state index in [1.54, 1.807) is 17.4 Å². The Balaban J connectivity index is 1.43. The van der Waals surface area contributed by atoms with Gasteiger partial charge in [0.2, 0.25) is 10.0 Å². The molecule has 3 aromatic rings. The van der Waals surface area contributed by atoms with Gasteiger partial charge in [-0.15, -0.1) is 0 Å². The van der Waals surface area contributed by atoms with E-state index < -0.39 is 27.7 Å². The molecule has 0 spiro atoms. The Morgan fingerprint density at radius 3 is 2.39 bits per heavy atom. The SMILES string of the molecule is CCCS(=O)(=O)N1CCC(c2ncc(NC(=O)c3cnn(-c4ccc(C(F)(F)F)cn4)c3C)cc2C)CC1. The summed E-state index contributed by atoms with van der Waals surface area (Å²) >= 11 is 0. The molecule has 9 nitrogen and oxygen atoms in total. The number of piperidine rings is 1. The number of hydrogen-bond donors (Lipinski definition) is 1. The Morgan fingerprint density at radius 1 is 1.11 bits per heavy atom. The average molecular weight is 551 g/mol. The number of nitrogens with one attached hydrogen (secondary N) is 1. The summed E-state index contributed by atoms with van der Waals surface area (Å²) in [5.41, 5.74) is 2.04. The van der Waals surface area contributed by atoms with Gasteiger partial charge in [0.1, 0.15) is 0 Å². The molecule has 1 aliphatic rings. The number of pyridine rings is 2. The molecule has 1 saturated heterocycles. The van der Waals surface area contributed by atoms with E-state index in [9.17, 15) is 26.4 Å². The van der Waals surface area contributed by atoms with Crippen LogP contribution in [0.15, 0.2) is 36.8 Å². The van der Waals surface area contributed by atoms with Crippen LogP contribution in [0, 0.1) is 13.8 Å². The van der Waals surface area contributed by atoms with Crippen molar-refractivity contribution in [2.75, 3.05) is 24.2 Å². The Hall–Kier alpha value is -3.32. The topological polar surface area (TPSA) is 110 Å². The number of carbonyl (C=O) groups excluding carboxylic acids is 1. The maximum atomic E-state index is 12.9. The second-order valence-electron chi connectivity index (χ2n) is 9.33. The molecule has 204 valence electrons. The predicted octanol–water partition coefficient (Wildman–Crippen LogP) is 4.47. The molecule has 0 atom stereocenters. The van der Waals surface area contributed by atoms with Gasteiger partial charge in [-0.3, -0.25) is 9.78 Å². The van der Waals surface area contributed by atoms with E-state index in [2.05, 4.69) is 20.4 Å². The van der Waals surface area contributed by atoms with E-state index in [1.165, 1.54) is 16.9 Å². The predicted molar refractivity (Wildman–Crippen MR) is 136 cm³/mol. The van der Waals surface area contributed by atoms with E-state index >= 15 is 0 Å². The van der Waals surface area contributed by atoms with Gasteiger partial charge >= 0.3 is 6.18 Å². The minimum absolute atomic E-state index is 0.129. The normalized spacial score (nSPS) is 15.5. The van der Waals surface area contributed by atoms with E-state index in [0.29, 0.717) is 43.7 Å². The van der Waals surface area contributed by atoms with Crippen molar-refractivity contribution in [2.24, 2.45) is 0 Å². The van der Waals surface area contributed by atoms with E-state index in [4.69, 9.17) is 0 Å². The molecule has 1 amide bonds. The highest BCUT2D eigenvalue weighted by Gasteiger charge is 2.31. The highest BCUT2D eigenvalue weighted by atomic mass is 32.2. The molecule has 0 aliphatic carbocycles. The summed E-state index contributed by atoms with van der Waals surface area (Å²) in [5, 5.41) is 6.91. The average Bonchev–Trinajstić information content (AvgIpc) is 3.25. The fraction of sp³-hybridized carbons (Fsp3) is 0.440. The van der Waals surface area contributed by atoms with Crippen molar-refractivity contribution < 1.29 is 26.4 Å². The number of rotatable bonds is 7. The van der Waals surface area contributed by atoms with Crippen molar-refractivity contribution in [2.45, 2.75) is 52.1 Å². The van der Waals surface area contributed by atoms with Gasteiger partial charge in [-0.1, -0.05) is 6.92 Å². The van der Waals surface area contributed by atoms with Crippen LogP contribution in [0.3, 0.4) is 0 Å².